The van der Waals surface area contributed by atoms with Gasteiger partial charge in [0.05, 0.1) is 0 Å². The molecule has 0 aliphatic carbocycles. The van der Waals surface area contributed by atoms with Crippen LogP contribution in [0.4, 0.5) is 0 Å². The fourth-order valence-corrected chi connectivity index (χ4v) is 6.65. The summed E-state index contributed by atoms with van der Waals surface area (Å²) in [6.45, 7) is 4.61. The van der Waals surface area contributed by atoms with Gasteiger partial charge in [-0.3, -0.25) is 0 Å². The molecule has 0 aliphatic heterocycles. The molecule has 0 radical (unpaired) electrons. The lowest BCUT2D eigenvalue weighted by Gasteiger charge is -2.24. The first kappa shape index (κ1) is 41.5. The maximum atomic E-state index is 6.85. The third-order valence-electron chi connectivity index (χ3n) is 9.55. The molecule has 0 bridgehead atoms. The normalized spacial score (nSPS) is 12.1. The van der Waals surface area contributed by atoms with Gasteiger partial charge < -0.3 is 5.73 Å². The minimum Gasteiger partial charge on any atom is -0.324 e. The molecule has 1 aromatic rings. The molecule has 0 amide bonds. The summed E-state index contributed by atoms with van der Waals surface area (Å²) in [6, 6.07) is 11.1. The maximum absolute atomic E-state index is 6.85. The van der Waals surface area contributed by atoms with Crippen LogP contribution in [0.25, 0.3) is 0 Å². The van der Waals surface area contributed by atoms with E-state index in [4.69, 9.17) is 5.73 Å². The second-order valence-electron chi connectivity index (χ2n) is 13.5. The van der Waals surface area contributed by atoms with Crippen LogP contribution in [0.1, 0.15) is 218 Å². The van der Waals surface area contributed by atoms with Gasteiger partial charge in [0, 0.05) is 6.04 Å². The van der Waals surface area contributed by atoms with E-state index in [-0.39, 0.29) is 18.4 Å². The van der Waals surface area contributed by atoms with Gasteiger partial charge in [0.1, 0.15) is 0 Å². The number of rotatable bonds is 32. The number of halogens is 1. The van der Waals surface area contributed by atoms with Gasteiger partial charge in [0.25, 0.3) is 0 Å². The summed E-state index contributed by atoms with van der Waals surface area (Å²) in [7, 11) is 0. The summed E-state index contributed by atoms with van der Waals surface area (Å²) >= 11 is 0. The van der Waals surface area contributed by atoms with Crippen molar-refractivity contribution in [2.75, 3.05) is 0 Å². The molecule has 2 heteroatoms. The molecule has 0 aromatic heterocycles. The Kier molecular flexibility index (Phi) is 32.9. The van der Waals surface area contributed by atoms with Crippen molar-refractivity contribution in [2.24, 2.45) is 11.7 Å². The molecule has 1 aromatic carbocycles. The molecule has 0 fully saturated rings. The zero-order chi connectivity index (χ0) is 29.5. The summed E-state index contributed by atoms with van der Waals surface area (Å²) in [5.74, 6) is 0.645. The van der Waals surface area contributed by atoms with Crippen LogP contribution in [-0.4, -0.2) is 0 Å². The monoisotopic (exact) mass is 606 g/mol. The lowest BCUT2D eigenvalue weighted by atomic mass is 9.85. The van der Waals surface area contributed by atoms with E-state index in [0.717, 1.165) is 0 Å². The van der Waals surface area contributed by atoms with Crippen molar-refractivity contribution in [2.45, 2.75) is 213 Å². The zero-order valence-electron chi connectivity index (χ0n) is 28.7. The topological polar surface area (TPSA) is 26.0 Å². The summed E-state index contributed by atoms with van der Waals surface area (Å²) in [5, 5.41) is 0. The van der Waals surface area contributed by atoms with Crippen LogP contribution in [0, 0.1) is 5.92 Å². The molecular formula is C40H76ClN. The molecule has 42 heavy (non-hydrogen) atoms. The van der Waals surface area contributed by atoms with Crippen LogP contribution in [0.15, 0.2) is 30.3 Å². The van der Waals surface area contributed by atoms with E-state index in [2.05, 4.69) is 44.2 Å². The fraction of sp³-hybridized carbons (Fsp3) is 0.850. The van der Waals surface area contributed by atoms with Crippen molar-refractivity contribution in [3.63, 3.8) is 0 Å². The molecular weight excluding hydrogens is 530 g/mol. The van der Waals surface area contributed by atoms with E-state index in [1.807, 2.05) is 0 Å². The first-order chi connectivity index (χ1) is 20.3. The van der Waals surface area contributed by atoms with Crippen molar-refractivity contribution in [1.29, 1.82) is 0 Å². The lowest BCUT2D eigenvalue weighted by molar-refractivity contribution is 0.345. The Morgan fingerprint density at radius 2 is 0.667 bits per heavy atom. The fourth-order valence-electron chi connectivity index (χ4n) is 6.65. The highest BCUT2D eigenvalue weighted by Gasteiger charge is 2.18. The highest BCUT2D eigenvalue weighted by Crippen LogP contribution is 2.30. The van der Waals surface area contributed by atoms with Gasteiger partial charge in [-0.15, -0.1) is 12.4 Å². The Bertz CT molecular complexity index is 585. The molecule has 1 nitrogen and oxygen atoms in total. The predicted molar refractivity (Wildman–Crippen MR) is 194 cm³/mol. The minimum atomic E-state index is 0. The SMILES string of the molecule is CCCCCCCCCCCCCCCCC(CCCCCCCCCCCCCCCC)C(N)c1ccccc1.Cl. The second-order valence-corrected chi connectivity index (χ2v) is 13.5. The van der Waals surface area contributed by atoms with Crippen molar-refractivity contribution in [3.8, 4) is 0 Å². The van der Waals surface area contributed by atoms with E-state index >= 15 is 0 Å². The van der Waals surface area contributed by atoms with Crippen LogP contribution >= 0.6 is 12.4 Å². The molecule has 2 N–H and O–H groups in total. The second kappa shape index (κ2) is 33.4. The third-order valence-corrected chi connectivity index (χ3v) is 9.55. The van der Waals surface area contributed by atoms with Crippen molar-refractivity contribution < 1.29 is 0 Å². The van der Waals surface area contributed by atoms with Crippen molar-refractivity contribution in [3.05, 3.63) is 35.9 Å². The number of hydrogen-bond donors (Lipinski definition) is 1. The predicted octanol–water partition coefficient (Wildman–Crippen LogP) is 14.5. The average Bonchev–Trinajstić information content (AvgIpc) is 3.00. The summed E-state index contributed by atoms with van der Waals surface area (Å²) < 4.78 is 0. The maximum Gasteiger partial charge on any atom is 0.0323 e. The van der Waals surface area contributed by atoms with Crippen LogP contribution in [0.5, 0.6) is 0 Å². The Hall–Kier alpha value is -0.530. The summed E-state index contributed by atoms with van der Waals surface area (Å²) in [4.78, 5) is 0. The number of hydrogen-bond acceptors (Lipinski definition) is 1. The van der Waals surface area contributed by atoms with Gasteiger partial charge in [0.2, 0.25) is 0 Å². The Labute approximate surface area is 271 Å². The lowest BCUT2D eigenvalue weighted by Crippen LogP contribution is -2.21. The Morgan fingerprint density at radius 3 is 0.952 bits per heavy atom. The number of nitrogens with two attached hydrogens (primary N) is 1. The van der Waals surface area contributed by atoms with E-state index in [0.29, 0.717) is 5.92 Å². The molecule has 248 valence electrons. The molecule has 1 rings (SSSR count). The van der Waals surface area contributed by atoms with Crippen molar-refractivity contribution in [1.82, 2.24) is 0 Å². The molecule has 0 heterocycles. The van der Waals surface area contributed by atoms with Gasteiger partial charge in [-0.2, -0.15) is 0 Å². The average molecular weight is 607 g/mol. The summed E-state index contributed by atoms with van der Waals surface area (Å²) in [6.07, 6.45) is 42.8. The van der Waals surface area contributed by atoms with Gasteiger partial charge in [-0.25, -0.2) is 0 Å². The molecule has 1 unspecified atom stereocenters. The number of unbranched alkanes of at least 4 members (excludes halogenated alkanes) is 26. The highest BCUT2D eigenvalue weighted by molar-refractivity contribution is 5.85. The van der Waals surface area contributed by atoms with Gasteiger partial charge in [-0.1, -0.05) is 224 Å². The Morgan fingerprint density at radius 1 is 0.405 bits per heavy atom. The molecule has 0 spiro atoms. The first-order valence-corrected chi connectivity index (χ1v) is 19.1. The Balaban J connectivity index is 0.0000168. The van der Waals surface area contributed by atoms with Crippen LogP contribution in [-0.2, 0) is 0 Å². The van der Waals surface area contributed by atoms with Gasteiger partial charge in [-0.05, 0) is 24.3 Å². The van der Waals surface area contributed by atoms with E-state index in [9.17, 15) is 0 Å². The molecule has 0 saturated heterocycles. The third kappa shape index (κ3) is 25.9. The van der Waals surface area contributed by atoms with E-state index < -0.39 is 0 Å². The molecule has 0 aliphatic rings. The quantitative estimate of drug-likeness (QED) is 0.0812. The van der Waals surface area contributed by atoms with E-state index in [1.165, 1.54) is 198 Å². The smallest absolute Gasteiger partial charge is 0.0323 e. The van der Waals surface area contributed by atoms with Crippen LogP contribution in [0.3, 0.4) is 0 Å². The van der Waals surface area contributed by atoms with E-state index in [1.54, 1.807) is 0 Å². The van der Waals surface area contributed by atoms with Crippen LogP contribution in [0.2, 0.25) is 0 Å². The number of benzene rings is 1. The van der Waals surface area contributed by atoms with Crippen molar-refractivity contribution >= 4 is 12.4 Å². The van der Waals surface area contributed by atoms with Crippen LogP contribution < -0.4 is 5.73 Å². The zero-order valence-corrected chi connectivity index (χ0v) is 29.6. The highest BCUT2D eigenvalue weighted by atomic mass is 35.5. The van der Waals surface area contributed by atoms with Gasteiger partial charge >= 0.3 is 0 Å². The largest absolute Gasteiger partial charge is 0.324 e. The van der Waals surface area contributed by atoms with Gasteiger partial charge in [0.15, 0.2) is 0 Å². The molecule has 1 atom stereocenters. The standard InChI is InChI=1S/C40H75N.ClH/c1-3-5-7-9-11-13-15-17-19-21-23-25-27-30-34-38(40(41)39-36-32-29-33-37-39)35-31-28-26-24-22-20-18-16-14-12-10-8-6-4-2;/h29,32-33,36-38,40H,3-28,30-31,34-35,41H2,1-2H3;1H. The summed E-state index contributed by atoms with van der Waals surface area (Å²) in [5.41, 5.74) is 8.19. The minimum absolute atomic E-state index is 0. The molecule has 0 saturated carbocycles. The first-order valence-electron chi connectivity index (χ1n) is 19.1.